The molecule has 1 fully saturated rings. The highest BCUT2D eigenvalue weighted by Crippen LogP contribution is 2.40. The number of aliphatic hydroxyl groups is 1. The van der Waals surface area contributed by atoms with Crippen molar-refractivity contribution in [3.63, 3.8) is 0 Å². The number of aliphatic hydroxyl groups excluding tert-OH is 1. The van der Waals surface area contributed by atoms with E-state index in [4.69, 9.17) is 9.72 Å². The zero-order valence-corrected chi connectivity index (χ0v) is 17.0. The van der Waals surface area contributed by atoms with Crippen molar-refractivity contribution >= 4 is 28.3 Å². The molecule has 0 aromatic carbocycles. The van der Waals surface area contributed by atoms with Crippen LogP contribution in [0.1, 0.15) is 65.6 Å². The number of fused-ring (bicyclic) bond motifs is 2. The van der Waals surface area contributed by atoms with Gasteiger partial charge in [-0.3, -0.25) is 4.79 Å². The highest BCUT2D eigenvalue weighted by molar-refractivity contribution is 7.15. The largest absolute Gasteiger partial charge is 0.462 e. The molecule has 150 valence electrons. The van der Waals surface area contributed by atoms with Crippen LogP contribution in [0.5, 0.6) is 0 Å². The second kappa shape index (κ2) is 7.07. The van der Waals surface area contributed by atoms with Gasteiger partial charge in [-0.25, -0.2) is 9.78 Å². The summed E-state index contributed by atoms with van der Waals surface area (Å²) in [5.74, 6) is -0.585. The van der Waals surface area contributed by atoms with E-state index in [0.717, 1.165) is 48.2 Å². The predicted molar refractivity (Wildman–Crippen MR) is 111 cm³/mol. The fourth-order valence-corrected chi connectivity index (χ4v) is 5.24. The second-order valence-corrected chi connectivity index (χ2v) is 8.83. The molecule has 0 saturated heterocycles. The minimum Gasteiger partial charge on any atom is -0.462 e. The lowest BCUT2D eigenvalue weighted by molar-refractivity contribution is 0.0524. The molecule has 2 aliphatic rings. The van der Waals surface area contributed by atoms with Gasteiger partial charge < -0.3 is 14.4 Å². The Hall–Kier alpha value is -2.51. The van der Waals surface area contributed by atoms with Crippen molar-refractivity contribution in [1.29, 1.82) is 0 Å². The van der Waals surface area contributed by atoms with Crippen molar-refractivity contribution in [2.75, 3.05) is 6.61 Å². The average molecular weight is 410 g/mol. The normalized spacial score (nSPS) is 18.6. The maximum Gasteiger partial charge on any atom is 0.343 e. The third kappa shape index (κ3) is 3.18. The molecule has 3 aromatic rings. The van der Waals surface area contributed by atoms with Gasteiger partial charge in [0.2, 0.25) is 5.43 Å². The van der Waals surface area contributed by atoms with Gasteiger partial charge in [-0.05, 0) is 62.8 Å². The molecular weight excluding hydrogens is 388 g/mol. The standard InChI is InChI=1S/C22H22N2O4S/c1-2-28-22(27)15-11-24(12-6-7-12)21-13(20(15)26)8-9-16(23-21)19-10-14-17(25)4-3-5-18(14)29-19/h8-12,17,25H,2-7H2,1H3. The molecule has 7 heteroatoms. The molecule has 1 atom stereocenters. The van der Waals surface area contributed by atoms with Crippen molar-refractivity contribution in [3.8, 4) is 10.6 Å². The van der Waals surface area contributed by atoms with Gasteiger partial charge in [-0.2, -0.15) is 0 Å². The van der Waals surface area contributed by atoms with E-state index in [1.54, 1.807) is 30.5 Å². The number of esters is 1. The Morgan fingerprint density at radius 3 is 2.90 bits per heavy atom. The maximum atomic E-state index is 12.9. The molecule has 3 aromatic heterocycles. The quantitative estimate of drug-likeness (QED) is 0.658. The fraction of sp³-hybridized carbons (Fsp3) is 0.409. The van der Waals surface area contributed by atoms with Crippen molar-refractivity contribution in [1.82, 2.24) is 9.55 Å². The van der Waals surface area contributed by atoms with Gasteiger partial charge in [0.25, 0.3) is 0 Å². The average Bonchev–Trinajstić information content (AvgIpc) is 3.46. The van der Waals surface area contributed by atoms with E-state index in [9.17, 15) is 14.7 Å². The summed E-state index contributed by atoms with van der Waals surface area (Å²) in [6.45, 7) is 1.95. The first-order chi connectivity index (χ1) is 14.1. The summed E-state index contributed by atoms with van der Waals surface area (Å²) < 4.78 is 7.02. The van der Waals surface area contributed by atoms with Crippen LogP contribution >= 0.6 is 11.3 Å². The van der Waals surface area contributed by atoms with E-state index in [0.29, 0.717) is 11.0 Å². The Bertz CT molecular complexity index is 1180. The van der Waals surface area contributed by atoms with Gasteiger partial charge >= 0.3 is 5.97 Å². The molecule has 0 amide bonds. The number of ether oxygens (including phenoxy) is 1. The summed E-state index contributed by atoms with van der Waals surface area (Å²) in [7, 11) is 0. The molecule has 0 bridgehead atoms. The van der Waals surface area contributed by atoms with Gasteiger partial charge in [0, 0.05) is 17.1 Å². The minimum atomic E-state index is -0.585. The number of rotatable bonds is 4. The van der Waals surface area contributed by atoms with Crippen LogP contribution in [0.25, 0.3) is 21.6 Å². The van der Waals surface area contributed by atoms with Crippen LogP contribution in [0, 0.1) is 0 Å². The van der Waals surface area contributed by atoms with Crippen molar-refractivity contribution in [2.45, 2.75) is 51.2 Å². The number of thiophene rings is 1. The zero-order chi connectivity index (χ0) is 20.1. The monoisotopic (exact) mass is 410 g/mol. The van der Waals surface area contributed by atoms with E-state index in [-0.39, 0.29) is 23.6 Å². The van der Waals surface area contributed by atoms with E-state index in [2.05, 4.69) is 0 Å². The van der Waals surface area contributed by atoms with Crippen molar-refractivity contribution < 1.29 is 14.6 Å². The molecule has 0 radical (unpaired) electrons. The molecule has 1 unspecified atom stereocenters. The second-order valence-electron chi connectivity index (χ2n) is 7.70. The summed E-state index contributed by atoms with van der Waals surface area (Å²) in [4.78, 5) is 32.2. The molecule has 3 heterocycles. The summed E-state index contributed by atoms with van der Waals surface area (Å²) in [6.07, 6.45) is 6.00. The molecule has 1 saturated carbocycles. The number of hydrogen-bond donors (Lipinski definition) is 1. The lowest BCUT2D eigenvalue weighted by Crippen LogP contribution is -2.21. The van der Waals surface area contributed by atoms with Gasteiger partial charge in [0.1, 0.15) is 11.2 Å². The van der Waals surface area contributed by atoms with Crippen LogP contribution in [0.15, 0.2) is 29.2 Å². The lowest BCUT2D eigenvalue weighted by atomic mass is 9.96. The Kier molecular flexibility index (Phi) is 4.52. The van der Waals surface area contributed by atoms with E-state index < -0.39 is 12.1 Å². The topological polar surface area (TPSA) is 81.4 Å². The van der Waals surface area contributed by atoms with Crippen LogP contribution in [0.2, 0.25) is 0 Å². The first kappa shape index (κ1) is 18.5. The van der Waals surface area contributed by atoms with Crippen molar-refractivity contribution in [3.05, 3.63) is 50.6 Å². The first-order valence-corrected chi connectivity index (χ1v) is 10.9. The van der Waals surface area contributed by atoms with E-state index in [1.807, 2.05) is 16.7 Å². The van der Waals surface area contributed by atoms with Crippen LogP contribution < -0.4 is 5.43 Å². The van der Waals surface area contributed by atoms with Crippen LogP contribution in [-0.2, 0) is 11.2 Å². The Morgan fingerprint density at radius 1 is 1.34 bits per heavy atom. The molecule has 0 spiro atoms. The number of nitrogens with zero attached hydrogens (tertiary/aromatic N) is 2. The predicted octanol–water partition coefficient (Wildman–Crippen LogP) is 4.01. The number of carbonyl (C=O) groups excluding carboxylic acids is 1. The summed E-state index contributed by atoms with van der Waals surface area (Å²) >= 11 is 1.67. The lowest BCUT2D eigenvalue weighted by Gasteiger charge is -2.16. The first-order valence-electron chi connectivity index (χ1n) is 10.1. The maximum absolute atomic E-state index is 12.9. The Labute approximate surface area is 171 Å². The molecule has 6 nitrogen and oxygen atoms in total. The molecule has 0 aliphatic heterocycles. The summed E-state index contributed by atoms with van der Waals surface area (Å²) in [5, 5.41) is 10.7. The molecular formula is C22H22N2O4S. The summed E-state index contributed by atoms with van der Waals surface area (Å²) in [6, 6.07) is 5.88. The van der Waals surface area contributed by atoms with Crippen LogP contribution in [0.3, 0.4) is 0 Å². The van der Waals surface area contributed by atoms with Crippen molar-refractivity contribution in [2.24, 2.45) is 0 Å². The number of carbonyl (C=O) groups is 1. The fourth-order valence-electron chi connectivity index (χ4n) is 4.01. The van der Waals surface area contributed by atoms with Gasteiger partial charge in [-0.1, -0.05) is 0 Å². The highest BCUT2D eigenvalue weighted by Gasteiger charge is 2.28. The summed E-state index contributed by atoms with van der Waals surface area (Å²) in [5.41, 5.74) is 2.14. The van der Waals surface area contributed by atoms with Gasteiger partial charge in [0.15, 0.2) is 0 Å². The Balaban J connectivity index is 1.65. The van der Waals surface area contributed by atoms with E-state index in [1.165, 1.54) is 4.88 Å². The molecule has 2 aliphatic carbocycles. The Morgan fingerprint density at radius 2 is 2.17 bits per heavy atom. The van der Waals surface area contributed by atoms with Crippen LogP contribution in [-0.4, -0.2) is 27.2 Å². The van der Waals surface area contributed by atoms with Gasteiger partial charge in [-0.15, -0.1) is 11.3 Å². The molecule has 1 N–H and O–H groups in total. The highest BCUT2D eigenvalue weighted by atomic mass is 32.1. The van der Waals surface area contributed by atoms with Crippen LogP contribution in [0.4, 0.5) is 0 Å². The third-order valence-electron chi connectivity index (χ3n) is 5.65. The number of hydrogen-bond acceptors (Lipinski definition) is 6. The number of pyridine rings is 2. The number of aryl methyl sites for hydroxylation is 1. The zero-order valence-electron chi connectivity index (χ0n) is 16.2. The third-order valence-corrected chi connectivity index (χ3v) is 6.88. The number of aromatic nitrogens is 2. The molecule has 5 rings (SSSR count). The molecule has 29 heavy (non-hydrogen) atoms. The SMILES string of the molecule is CCOC(=O)c1cn(C2CC2)c2nc(-c3cc4c(s3)CCCC4O)ccc2c1=O. The van der Waals surface area contributed by atoms with E-state index >= 15 is 0 Å². The minimum absolute atomic E-state index is 0.0653. The smallest absolute Gasteiger partial charge is 0.343 e. The van der Waals surface area contributed by atoms with Gasteiger partial charge in [0.05, 0.1) is 28.7 Å².